The molecule has 1 aliphatic heterocycles. The standard InChI is InChI=1S/C22H25NO3/c1-14-12-16(15(2)21(25)26-22(3,4)5)10-11-19(14)23-13-17-8-6-7-9-18(17)20(23)24/h6-12,15H,13H2,1-5H3. The van der Waals surface area contributed by atoms with Crippen LogP contribution >= 0.6 is 0 Å². The van der Waals surface area contributed by atoms with Gasteiger partial charge < -0.3 is 9.64 Å². The molecule has 4 nitrogen and oxygen atoms in total. The van der Waals surface area contributed by atoms with Crippen molar-refractivity contribution in [2.24, 2.45) is 0 Å². The summed E-state index contributed by atoms with van der Waals surface area (Å²) in [4.78, 5) is 26.8. The lowest BCUT2D eigenvalue weighted by molar-refractivity contribution is -0.156. The van der Waals surface area contributed by atoms with Crippen LogP contribution in [-0.4, -0.2) is 17.5 Å². The van der Waals surface area contributed by atoms with Gasteiger partial charge in [0.05, 0.1) is 12.5 Å². The first-order valence-electron chi connectivity index (χ1n) is 8.90. The van der Waals surface area contributed by atoms with Crippen molar-refractivity contribution in [1.82, 2.24) is 0 Å². The molecule has 0 N–H and O–H groups in total. The number of ether oxygens (including phenoxy) is 1. The molecule has 1 atom stereocenters. The minimum Gasteiger partial charge on any atom is -0.460 e. The Morgan fingerprint density at radius 2 is 1.85 bits per heavy atom. The summed E-state index contributed by atoms with van der Waals surface area (Å²) in [5, 5.41) is 0. The van der Waals surface area contributed by atoms with Gasteiger partial charge in [0.25, 0.3) is 5.91 Å². The number of carbonyl (C=O) groups is 2. The number of hydrogen-bond acceptors (Lipinski definition) is 3. The fourth-order valence-electron chi connectivity index (χ4n) is 3.23. The van der Waals surface area contributed by atoms with Crippen molar-refractivity contribution in [3.8, 4) is 0 Å². The third-order valence-electron chi connectivity index (χ3n) is 4.59. The van der Waals surface area contributed by atoms with Crippen LogP contribution in [0.1, 0.15) is 60.7 Å². The normalized spacial score (nSPS) is 15.0. The fraction of sp³-hybridized carbons (Fsp3) is 0.364. The quantitative estimate of drug-likeness (QED) is 0.759. The van der Waals surface area contributed by atoms with E-state index in [1.165, 1.54) is 0 Å². The van der Waals surface area contributed by atoms with Crippen molar-refractivity contribution in [3.05, 3.63) is 64.7 Å². The molecule has 4 heteroatoms. The zero-order valence-corrected chi connectivity index (χ0v) is 16.0. The van der Waals surface area contributed by atoms with Gasteiger partial charge in [0.15, 0.2) is 0 Å². The average molecular weight is 351 g/mol. The van der Waals surface area contributed by atoms with Crippen LogP contribution in [0.2, 0.25) is 0 Å². The van der Waals surface area contributed by atoms with E-state index in [1.807, 2.05) is 77.1 Å². The molecule has 0 aromatic heterocycles. The van der Waals surface area contributed by atoms with Crippen LogP contribution in [0.4, 0.5) is 5.69 Å². The Morgan fingerprint density at radius 1 is 1.15 bits per heavy atom. The Morgan fingerprint density at radius 3 is 2.46 bits per heavy atom. The first-order chi connectivity index (χ1) is 12.2. The lowest BCUT2D eigenvalue weighted by Gasteiger charge is -2.23. The minimum atomic E-state index is -0.506. The molecule has 3 rings (SSSR count). The van der Waals surface area contributed by atoms with Gasteiger partial charge in [-0.25, -0.2) is 0 Å². The molecule has 2 aromatic carbocycles. The molecule has 136 valence electrons. The summed E-state index contributed by atoms with van der Waals surface area (Å²) in [6, 6.07) is 13.5. The Labute approximate surface area is 154 Å². The molecular formula is C22H25NO3. The monoisotopic (exact) mass is 351 g/mol. The number of hydrogen-bond donors (Lipinski definition) is 0. The second-order valence-electron chi connectivity index (χ2n) is 7.85. The molecule has 1 amide bonds. The highest BCUT2D eigenvalue weighted by Crippen LogP contribution is 2.32. The molecule has 1 unspecified atom stereocenters. The van der Waals surface area contributed by atoms with E-state index in [-0.39, 0.29) is 17.8 Å². The highest BCUT2D eigenvalue weighted by Gasteiger charge is 2.29. The second kappa shape index (κ2) is 6.60. The van der Waals surface area contributed by atoms with Gasteiger partial charge in [0.2, 0.25) is 0 Å². The molecule has 0 saturated carbocycles. The average Bonchev–Trinajstić information content (AvgIpc) is 2.89. The third-order valence-corrected chi connectivity index (χ3v) is 4.59. The largest absolute Gasteiger partial charge is 0.460 e. The Hall–Kier alpha value is -2.62. The predicted molar refractivity (Wildman–Crippen MR) is 102 cm³/mol. The van der Waals surface area contributed by atoms with E-state index in [1.54, 1.807) is 4.90 Å². The molecule has 0 bridgehead atoms. The zero-order chi connectivity index (χ0) is 19.1. The van der Waals surface area contributed by atoms with Crippen molar-refractivity contribution < 1.29 is 14.3 Å². The van der Waals surface area contributed by atoms with Crippen LogP contribution < -0.4 is 4.90 Å². The smallest absolute Gasteiger partial charge is 0.313 e. The summed E-state index contributed by atoms with van der Waals surface area (Å²) in [5.74, 6) is -0.570. The second-order valence-corrected chi connectivity index (χ2v) is 7.85. The summed E-state index contributed by atoms with van der Waals surface area (Å²) in [7, 11) is 0. The summed E-state index contributed by atoms with van der Waals surface area (Å²) < 4.78 is 5.48. The van der Waals surface area contributed by atoms with Gasteiger partial charge in [-0.1, -0.05) is 30.3 Å². The molecule has 0 spiro atoms. The number of nitrogens with zero attached hydrogens (tertiary/aromatic N) is 1. The van der Waals surface area contributed by atoms with Gasteiger partial charge in [0.1, 0.15) is 5.60 Å². The van der Waals surface area contributed by atoms with E-state index in [4.69, 9.17) is 4.74 Å². The Kier molecular flexibility index (Phi) is 4.61. The highest BCUT2D eigenvalue weighted by atomic mass is 16.6. The van der Waals surface area contributed by atoms with Crippen LogP contribution in [0, 0.1) is 6.92 Å². The number of aryl methyl sites for hydroxylation is 1. The molecule has 1 heterocycles. The van der Waals surface area contributed by atoms with Gasteiger partial charge in [-0.05, 0) is 63.4 Å². The van der Waals surface area contributed by atoms with Crippen molar-refractivity contribution in [2.75, 3.05) is 4.90 Å². The third kappa shape index (κ3) is 3.50. The summed E-state index contributed by atoms with van der Waals surface area (Å²) in [6.45, 7) is 9.99. The van der Waals surface area contributed by atoms with Gasteiger partial charge >= 0.3 is 5.97 Å². The van der Waals surface area contributed by atoms with E-state index in [0.29, 0.717) is 6.54 Å². The molecule has 26 heavy (non-hydrogen) atoms. The number of rotatable bonds is 3. The molecule has 2 aromatic rings. The molecular weight excluding hydrogens is 326 g/mol. The molecule has 0 fully saturated rings. The maximum atomic E-state index is 12.7. The van der Waals surface area contributed by atoms with Gasteiger partial charge in [-0.3, -0.25) is 9.59 Å². The summed E-state index contributed by atoms with van der Waals surface area (Å²) >= 11 is 0. The van der Waals surface area contributed by atoms with Crippen LogP contribution in [0.3, 0.4) is 0 Å². The number of esters is 1. The lowest BCUT2D eigenvalue weighted by Crippen LogP contribution is -2.27. The van der Waals surface area contributed by atoms with E-state index in [0.717, 1.165) is 27.9 Å². The summed E-state index contributed by atoms with van der Waals surface area (Å²) in [5.41, 5.74) is 4.05. The lowest BCUT2D eigenvalue weighted by atomic mass is 9.98. The van der Waals surface area contributed by atoms with Crippen LogP contribution in [0.5, 0.6) is 0 Å². The van der Waals surface area contributed by atoms with Crippen LogP contribution in [0.15, 0.2) is 42.5 Å². The van der Waals surface area contributed by atoms with E-state index in [9.17, 15) is 9.59 Å². The minimum absolute atomic E-state index is 0.0247. The van der Waals surface area contributed by atoms with E-state index in [2.05, 4.69) is 0 Å². The first kappa shape index (κ1) is 18.2. The number of fused-ring (bicyclic) bond motifs is 1. The number of carbonyl (C=O) groups excluding carboxylic acids is 2. The Balaban J connectivity index is 1.83. The molecule has 0 saturated heterocycles. The van der Waals surface area contributed by atoms with Crippen molar-refractivity contribution in [3.63, 3.8) is 0 Å². The van der Waals surface area contributed by atoms with E-state index < -0.39 is 5.60 Å². The van der Waals surface area contributed by atoms with Gasteiger partial charge in [-0.15, -0.1) is 0 Å². The van der Waals surface area contributed by atoms with Crippen molar-refractivity contribution in [2.45, 2.75) is 52.7 Å². The summed E-state index contributed by atoms with van der Waals surface area (Å²) in [6.07, 6.45) is 0. The number of amides is 1. The number of anilines is 1. The molecule has 0 aliphatic carbocycles. The highest BCUT2D eigenvalue weighted by molar-refractivity contribution is 6.10. The van der Waals surface area contributed by atoms with Gasteiger partial charge in [-0.2, -0.15) is 0 Å². The van der Waals surface area contributed by atoms with Crippen molar-refractivity contribution >= 4 is 17.6 Å². The van der Waals surface area contributed by atoms with Gasteiger partial charge in [0, 0.05) is 11.3 Å². The first-order valence-corrected chi connectivity index (χ1v) is 8.90. The molecule has 0 radical (unpaired) electrons. The van der Waals surface area contributed by atoms with Crippen molar-refractivity contribution in [1.29, 1.82) is 0 Å². The SMILES string of the molecule is Cc1cc(C(C)C(=O)OC(C)(C)C)ccc1N1Cc2ccccc2C1=O. The topological polar surface area (TPSA) is 46.6 Å². The van der Waals surface area contributed by atoms with E-state index >= 15 is 0 Å². The fourth-order valence-corrected chi connectivity index (χ4v) is 3.23. The Bertz CT molecular complexity index is 864. The maximum Gasteiger partial charge on any atom is 0.313 e. The van der Waals surface area contributed by atoms with Crippen LogP contribution in [0.25, 0.3) is 0 Å². The zero-order valence-electron chi connectivity index (χ0n) is 16.0. The molecule has 1 aliphatic rings. The maximum absolute atomic E-state index is 12.7. The van der Waals surface area contributed by atoms with Crippen LogP contribution in [-0.2, 0) is 16.1 Å². The number of benzene rings is 2. The predicted octanol–water partition coefficient (Wildman–Crippen LogP) is 4.60.